The number of aliphatic carboxylic acids is 1. The zero-order valence-electron chi connectivity index (χ0n) is 12.4. The quantitative estimate of drug-likeness (QED) is 0.862. The average Bonchev–Trinajstić information content (AvgIpc) is 2.57. The predicted octanol–water partition coefficient (Wildman–Crippen LogP) is 0.226. The zero-order chi connectivity index (χ0) is 16.2. The van der Waals surface area contributed by atoms with Gasteiger partial charge >= 0.3 is 5.97 Å². The second-order valence-corrected chi connectivity index (χ2v) is 5.15. The van der Waals surface area contributed by atoms with Crippen LogP contribution < -0.4 is 10.5 Å². The Labute approximate surface area is 132 Å². The van der Waals surface area contributed by atoms with Crippen LogP contribution in [-0.4, -0.2) is 51.9 Å². The Bertz CT molecular complexity index is 751. The van der Waals surface area contributed by atoms with Crippen LogP contribution in [0.1, 0.15) is 0 Å². The first kappa shape index (κ1) is 15.2. The summed E-state index contributed by atoms with van der Waals surface area (Å²) >= 11 is 0. The van der Waals surface area contributed by atoms with Crippen molar-refractivity contribution >= 4 is 11.9 Å². The number of nitrogens with zero attached hydrogens (tertiary/aromatic N) is 4. The van der Waals surface area contributed by atoms with Crippen molar-refractivity contribution < 1.29 is 14.6 Å². The number of aromatic nitrogens is 3. The number of morpholine rings is 1. The Hall–Kier alpha value is -2.74. The summed E-state index contributed by atoms with van der Waals surface area (Å²) in [7, 11) is 0. The van der Waals surface area contributed by atoms with E-state index in [2.05, 4.69) is 9.97 Å². The summed E-state index contributed by atoms with van der Waals surface area (Å²) in [5.74, 6) is -0.431. The highest BCUT2D eigenvalue weighted by Gasteiger charge is 2.13. The summed E-state index contributed by atoms with van der Waals surface area (Å²) in [5.41, 5.74) is 1.06. The van der Waals surface area contributed by atoms with Gasteiger partial charge in [-0.25, -0.2) is 9.97 Å². The minimum Gasteiger partial charge on any atom is -0.480 e. The molecule has 1 aliphatic heterocycles. The molecule has 0 aliphatic carbocycles. The summed E-state index contributed by atoms with van der Waals surface area (Å²) in [6.07, 6.45) is 4.84. The molecule has 120 valence electrons. The SMILES string of the molecule is O=C(O)Cn1cc(-c2cnc(N3CCOCC3)nc2)ccc1=O. The molecule has 1 fully saturated rings. The molecule has 0 aromatic carbocycles. The Kier molecular flexibility index (Phi) is 4.33. The Morgan fingerprint density at radius 2 is 1.87 bits per heavy atom. The van der Waals surface area contributed by atoms with Crippen LogP contribution in [0.2, 0.25) is 0 Å². The molecule has 8 nitrogen and oxygen atoms in total. The van der Waals surface area contributed by atoms with Crippen molar-refractivity contribution in [2.24, 2.45) is 0 Å². The molecular formula is C15H16N4O4. The molecule has 0 amide bonds. The van der Waals surface area contributed by atoms with Gasteiger partial charge in [-0.2, -0.15) is 0 Å². The molecular weight excluding hydrogens is 300 g/mol. The molecule has 0 saturated carbocycles. The van der Waals surface area contributed by atoms with E-state index in [0.29, 0.717) is 24.7 Å². The van der Waals surface area contributed by atoms with E-state index in [9.17, 15) is 9.59 Å². The molecule has 0 atom stereocenters. The highest BCUT2D eigenvalue weighted by molar-refractivity contribution is 5.67. The van der Waals surface area contributed by atoms with Gasteiger partial charge in [-0.15, -0.1) is 0 Å². The fourth-order valence-corrected chi connectivity index (χ4v) is 2.37. The van der Waals surface area contributed by atoms with Gasteiger partial charge in [0, 0.05) is 48.9 Å². The first-order chi connectivity index (χ1) is 11.1. The summed E-state index contributed by atoms with van der Waals surface area (Å²) in [4.78, 5) is 33.2. The van der Waals surface area contributed by atoms with Crippen molar-refractivity contribution in [1.82, 2.24) is 14.5 Å². The number of anilines is 1. The molecule has 0 unspecified atom stereocenters. The molecule has 1 aliphatic rings. The summed E-state index contributed by atoms with van der Waals surface area (Å²) < 4.78 is 6.44. The van der Waals surface area contributed by atoms with E-state index in [1.807, 2.05) is 4.90 Å². The molecule has 1 N–H and O–H groups in total. The summed E-state index contributed by atoms with van der Waals surface area (Å²) in [5, 5.41) is 8.83. The van der Waals surface area contributed by atoms with Gasteiger partial charge in [-0.05, 0) is 6.07 Å². The van der Waals surface area contributed by atoms with Crippen molar-refractivity contribution in [3.8, 4) is 11.1 Å². The lowest BCUT2D eigenvalue weighted by molar-refractivity contribution is -0.137. The maximum Gasteiger partial charge on any atom is 0.323 e. The number of pyridine rings is 1. The van der Waals surface area contributed by atoms with Crippen molar-refractivity contribution in [3.63, 3.8) is 0 Å². The van der Waals surface area contributed by atoms with Crippen molar-refractivity contribution in [2.75, 3.05) is 31.2 Å². The Morgan fingerprint density at radius 1 is 1.17 bits per heavy atom. The summed E-state index contributed by atoms with van der Waals surface area (Å²) in [6.45, 7) is 2.45. The topological polar surface area (TPSA) is 97.6 Å². The Morgan fingerprint density at radius 3 is 2.52 bits per heavy atom. The molecule has 3 rings (SSSR count). The molecule has 2 aromatic rings. The van der Waals surface area contributed by atoms with Gasteiger partial charge in [-0.1, -0.05) is 0 Å². The Balaban J connectivity index is 1.84. The van der Waals surface area contributed by atoms with E-state index in [-0.39, 0.29) is 12.1 Å². The zero-order valence-corrected chi connectivity index (χ0v) is 12.4. The smallest absolute Gasteiger partial charge is 0.323 e. The van der Waals surface area contributed by atoms with Gasteiger partial charge in [0.1, 0.15) is 6.54 Å². The molecule has 1 saturated heterocycles. The van der Waals surface area contributed by atoms with Gasteiger partial charge in [0.2, 0.25) is 5.95 Å². The third-order valence-corrected chi connectivity index (χ3v) is 3.55. The number of hydrogen-bond acceptors (Lipinski definition) is 6. The third kappa shape index (κ3) is 3.54. The molecule has 2 aromatic heterocycles. The van der Waals surface area contributed by atoms with E-state index in [1.165, 1.54) is 12.3 Å². The minimum atomic E-state index is -1.07. The lowest BCUT2D eigenvalue weighted by atomic mass is 10.1. The largest absolute Gasteiger partial charge is 0.480 e. The molecule has 8 heteroatoms. The molecule has 0 radical (unpaired) electrons. The van der Waals surface area contributed by atoms with Crippen LogP contribution in [0.4, 0.5) is 5.95 Å². The van der Waals surface area contributed by atoms with Crippen LogP contribution in [-0.2, 0) is 16.1 Å². The normalized spacial score (nSPS) is 14.7. The van der Waals surface area contributed by atoms with Crippen LogP contribution in [0.25, 0.3) is 11.1 Å². The molecule has 0 spiro atoms. The lowest BCUT2D eigenvalue weighted by Gasteiger charge is -2.26. The first-order valence-electron chi connectivity index (χ1n) is 7.21. The highest BCUT2D eigenvalue weighted by atomic mass is 16.5. The number of carbonyl (C=O) groups is 1. The molecule has 3 heterocycles. The monoisotopic (exact) mass is 316 g/mol. The van der Waals surface area contributed by atoms with Crippen LogP contribution in [0.15, 0.2) is 35.5 Å². The van der Waals surface area contributed by atoms with E-state index < -0.39 is 5.97 Å². The van der Waals surface area contributed by atoms with Gasteiger partial charge in [0.05, 0.1) is 13.2 Å². The summed E-state index contributed by atoms with van der Waals surface area (Å²) in [6, 6.07) is 2.97. The molecule has 23 heavy (non-hydrogen) atoms. The first-order valence-corrected chi connectivity index (χ1v) is 7.21. The predicted molar refractivity (Wildman–Crippen MR) is 82.4 cm³/mol. The second-order valence-electron chi connectivity index (χ2n) is 5.15. The average molecular weight is 316 g/mol. The maximum absolute atomic E-state index is 11.6. The van der Waals surface area contributed by atoms with Crippen LogP contribution >= 0.6 is 0 Å². The second kappa shape index (κ2) is 6.57. The highest BCUT2D eigenvalue weighted by Crippen LogP contribution is 2.18. The van der Waals surface area contributed by atoms with Gasteiger partial charge in [0.15, 0.2) is 0 Å². The van der Waals surface area contributed by atoms with Crippen molar-refractivity contribution in [3.05, 3.63) is 41.1 Å². The third-order valence-electron chi connectivity index (χ3n) is 3.55. The van der Waals surface area contributed by atoms with Crippen molar-refractivity contribution in [1.29, 1.82) is 0 Å². The fraction of sp³-hybridized carbons (Fsp3) is 0.333. The maximum atomic E-state index is 11.6. The lowest BCUT2D eigenvalue weighted by Crippen LogP contribution is -2.37. The molecule has 0 bridgehead atoms. The van der Waals surface area contributed by atoms with E-state index >= 15 is 0 Å². The van der Waals surface area contributed by atoms with E-state index in [0.717, 1.165) is 23.2 Å². The number of hydrogen-bond donors (Lipinski definition) is 1. The number of ether oxygens (including phenoxy) is 1. The van der Waals surface area contributed by atoms with Gasteiger partial charge < -0.3 is 19.3 Å². The fourth-order valence-electron chi connectivity index (χ4n) is 2.37. The number of carboxylic acid groups (broad SMARTS) is 1. The van der Waals surface area contributed by atoms with E-state index in [1.54, 1.807) is 18.5 Å². The number of carboxylic acids is 1. The number of rotatable bonds is 4. The van der Waals surface area contributed by atoms with Gasteiger partial charge in [0.25, 0.3) is 5.56 Å². The minimum absolute atomic E-state index is 0.359. The van der Waals surface area contributed by atoms with Crippen LogP contribution in [0, 0.1) is 0 Å². The van der Waals surface area contributed by atoms with E-state index in [4.69, 9.17) is 9.84 Å². The van der Waals surface area contributed by atoms with Gasteiger partial charge in [-0.3, -0.25) is 9.59 Å². The van der Waals surface area contributed by atoms with Crippen LogP contribution in [0.3, 0.4) is 0 Å². The standard InChI is InChI=1S/C15H16N4O4/c20-13-2-1-11(9-19(13)10-14(21)22)12-7-16-15(17-8-12)18-3-5-23-6-4-18/h1-2,7-9H,3-6,10H2,(H,21,22). The van der Waals surface area contributed by atoms with Crippen LogP contribution in [0.5, 0.6) is 0 Å². The van der Waals surface area contributed by atoms with Crippen molar-refractivity contribution in [2.45, 2.75) is 6.54 Å².